The molecule has 0 aliphatic carbocycles. The Labute approximate surface area is 201 Å². The van der Waals surface area contributed by atoms with E-state index >= 15 is 0 Å². The summed E-state index contributed by atoms with van der Waals surface area (Å²) in [6.07, 6.45) is 7.00. The number of hydrogen-bond acceptors (Lipinski definition) is 6. The first-order valence-corrected chi connectivity index (χ1v) is 11.9. The molecule has 0 unspecified atom stereocenters. The van der Waals surface area contributed by atoms with Crippen LogP contribution in [-0.2, 0) is 12.6 Å². The number of thioether (sulfide) groups is 1. The van der Waals surface area contributed by atoms with Gasteiger partial charge >= 0.3 is 6.03 Å². The predicted octanol–water partition coefficient (Wildman–Crippen LogP) is 4.62. The molecule has 4 aromatic rings. The number of urea groups is 1. The summed E-state index contributed by atoms with van der Waals surface area (Å²) < 4.78 is 3.32. The van der Waals surface area contributed by atoms with Crippen LogP contribution in [0.5, 0.6) is 0 Å². The molecule has 176 valence electrons. The third-order valence-corrected chi connectivity index (χ3v) is 5.98. The maximum atomic E-state index is 13.2. The van der Waals surface area contributed by atoms with E-state index in [1.165, 1.54) is 16.3 Å². The molecule has 2 N–H and O–H groups in total. The van der Waals surface area contributed by atoms with E-state index in [0.717, 1.165) is 16.5 Å². The molecule has 1 aromatic carbocycles. The molecule has 0 atom stereocenters. The summed E-state index contributed by atoms with van der Waals surface area (Å²) in [5.41, 5.74) is 3.54. The molecule has 10 heteroatoms. The molecular weight excluding hydrogens is 450 g/mol. The fourth-order valence-electron chi connectivity index (χ4n) is 3.56. The molecular formula is C24H27N7O2S. The van der Waals surface area contributed by atoms with Crippen LogP contribution in [0.3, 0.4) is 0 Å². The van der Waals surface area contributed by atoms with E-state index in [9.17, 15) is 9.59 Å². The molecule has 0 aliphatic rings. The van der Waals surface area contributed by atoms with E-state index in [4.69, 9.17) is 0 Å². The Kier molecular flexibility index (Phi) is 6.18. The standard InChI is InChI=1S/C24H27N7O2S/c1-14-7-8-16(27-22(33)28-17-12-26-31(13-17)24(2,3)4)10-18(14)19-9-15-11-25-23(34-6)29-20(15)30(5)21(19)32/h7-13H,1-6H3,(H2,27,28,33). The summed E-state index contributed by atoms with van der Waals surface area (Å²) in [7, 11) is 1.70. The number of benzene rings is 1. The number of carbonyl (C=O) groups excluding carboxylic acids is 1. The Bertz CT molecular complexity index is 1450. The zero-order valence-corrected chi connectivity index (χ0v) is 20.8. The lowest BCUT2D eigenvalue weighted by molar-refractivity contribution is 0.262. The number of hydrogen-bond donors (Lipinski definition) is 2. The highest BCUT2D eigenvalue weighted by Crippen LogP contribution is 2.27. The Balaban J connectivity index is 1.63. The molecule has 3 heterocycles. The van der Waals surface area contributed by atoms with E-state index in [1.54, 1.807) is 48.5 Å². The zero-order valence-electron chi connectivity index (χ0n) is 20.0. The van der Waals surface area contributed by atoms with Crippen LogP contribution in [0.1, 0.15) is 26.3 Å². The lowest BCUT2D eigenvalue weighted by Gasteiger charge is -2.18. The Morgan fingerprint density at radius 2 is 1.79 bits per heavy atom. The first-order chi connectivity index (χ1) is 16.1. The number of pyridine rings is 1. The Hall–Kier alpha value is -3.66. The van der Waals surface area contributed by atoms with Crippen molar-refractivity contribution < 1.29 is 4.79 Å². The lowest BCUT2D eigenvalue weighted by atomic mass is 10.00. The first kappa shape index (κ1) is 23.5. The van der Waals surface area contributed by atoms with Gasteiger partial charge in [-0.2, -0.15) is 5.10 Å². The van der Waals surface area contributed by atoms with Gasteiger partial charge in [-0.15, -0.1) is 0 Å². The smallest absolute Gasteiger partial charge is 0.308 e. The van der Waals surface area contributed by atoms with Gasteiger partial charge in [-0.1, -0.05) is 17.8 Å². The fraction of sp³-hybridized carbons (Fsp3) is 0.292. The minimum absolute atomic E-state index is 0.169. The van der Waals surface area contributed by atoms with Crippen LogP contribution in [0.25, 0.3) is 22.2 Å². The monoisotopic (exact) mass is 477 g/mol. The van der Waals surface area contributed by atoms with E-state index in [2.05, 4.69) is 25.7 Å². The van der Waals surface area contributed by atoms with Gasteiger partial charge in [0, 0.05) is 36.1 Å². The van der Waals surface area contributed by atoms with Gasteiger partial charge in [0.15, 0.2) is 5.16 Å². The van der Waals surface area contributed by atoms with Gasteiger partial charge in [-0.25, -0.2) is 14.8 Å². The molecule has 0 saturated heterocycles. The van der Waals surface area contributed by atoms with Gasteiger partial charge < -0.3 is 10.6 Å². The zero-order chi connectivity index (χ0) is 24.6. The summed E-state index contributed by atoms with van der Waals surface area (Å²) in [5.74, 6) is 0. The molecule has 0 aliphatic heterocycles. The second-order valence-electron chi connectivity index (χ2n) is 9.01. The number of anilines is 2. The maximum Gasteiger partial charge on any atom is 0.323 e. The third-order valence-electron chi connectivity index (χ3n) is 5.42. The predicted molar refractivity (Wildman–Crippen MR) is 137 cm³/mol. The maximum absolute atomic E-state index is 13.2. The van der Waals surface area contributed by atoms with Crippen LogP contribution in [-0.4, -0.2) is 36.6 Å². The molecule has 2 amide bonds. The second-order valence-corrected chi connectivity index (χ2v) is 9.78. The minimum Gasteiger partial charge on any atom is -0.308 e. The van der Waals surface area contributed by atoms with Crippen molar-refractivity contribution in [3.05, 3.63) is 58.8 Å². The van der Waals surface area contributed by atoms with Gasteiger partial charge in [0.25, 0.3) is 5.56 Å². The van der Waals surface area contributed by atoms with E-state index in [-0.39, 0.29) is 11.1 Å². The SMILES string of the molecule is CSc1ncc2cc(-c3cc(NC(=O)Nc4cnn(C(C)(C)C)c4)ccc3C)c(=O)n(C)c2n1. The van der Waals surface area contributed by atoms with Crippen molar-refractivity contribution in [2.75, 3.05) is 16.9 Å². The molecule has 0 bridgehead atoms. The first-order valence-electron chi connectivity index (χ1n) is 10.7. The third kappa shape index (κ3) is 4.67. The van der Waals surface area contributed by atoms with Crippen molar-refractivity contribution in [2.24, 2.45) is 7.05 Å². The summed E-state index contributed by atoms with van der Waals surface area (Å²) in [4.78, 5) is 34.6. The van der Waals surface area contributed by atoms with Crippen molar-refractivity contribution in [2.45, 2.75) is 38.4 Å². The highest BCUT2D eigenvalue weighted by Gasteiger charge is 2.16. The van der Waals surface area contributed by atoms with E-state index in [1.807, 2.05) is 40.0 Å². The second kappa shape index (κ2) is 8.94. The highest BCUT2D eigenvalue weighted by molar-refractivity contribution is 7.98. The van der Waals surface area contributed by atoms with Crippen LogP contribution in [0.2, 0.25) is 0 Å². The fourth-order valence-corrected chi connectivity index (χ4v) is 3.90. The summed E-state index contributed by atoms with van der Waals surface area (Å²) in [5, 5.41) is 11.3. The van der Waals surface area contributed by atoms with Gasteiger partial charge in [0.05, 0.1) is 17.4 Å². The molecule has 0 radical (unpaired) electrons. The number of carbonyl (C=O) groups is 1. The minimum atomic E-state index is -0.396. The summed E-state index contributed by atoms with van der Waals surface area (Å²) in [6, 6.07) is 6.88. The van der Waals surface area contributed by atoms with Crippen molar-refractivity contribution >= 4 is 40.2 Å². The number of fused-ring (bicyclic) bond motifs is 1. The number of nitrogens with zero attached hydrogens (tertiary/aromatic N) is 5. The van der Waals surface area contributed by atoms with E-state index < -0.39 is 6.03 Å². The number of rotatable bonds is 4. The van der Waals surface area contributed by atoms with Crippen molar-refractivity contribution in [3.63, 3.8) is 0 Å². The van der Waals surface area contributed by atoms with Crippen LogP contribution in [0.15, 0.2) is 52.8 Å². The average Bonchev–Trinajstić information content (AvgIpc) is 3.26. The van der Waals surface area contributed by atoms with Crippen LogP contribution >= 0.6 is 11.8 Å². The van der Waals surface area contributed by atoms with E-state index in [0.29, 0.717) is 27.7 Å². The quantitative estimate of drug-likeness (QED) is 0.328. The largest absolute Gasteiger partial charge is 0.323 e. The average molecular weight is 478 g/mol. The van der Waals surface area contributed by atoms with Gasteiger partial charge in [-0.3, -0.25) is 14.0 Å². The van der Waals surface area contributed by atoms with Gasteiger partial charge in [-0.05, 0) is 63.3 Å². The van der Waals surface area contributed by atoms with Gasteiger partial charge in [0.1, 0.15) is 5.65 Å². The van der Waals surface area contributed by atoms with Crippen LogP contribution < -0.4 is 16.2 Å². The van der Waals surface area contributed by atoms with Gasteiger partial charge in [0.2, 0.25) is 0 Å². The number of amides is 2. The summed E-state index contributed by atoms with van der Waals surface area (Å²) in [6.45, 7) is 8.02. The number of nitrogens with one attached hydrogen (secondary N) is 2. The van der Waals surface area contributed by atoms with Crippen molar-refractivity contribution in [1.82, 2.24) is 24.3 Å². The number of aryl methyl sites for hydroxylation is 2. The Morgan fingerprint density at radius 1 is 1.06 bits per heavy atom. The molecule has 0 spiro atoms. The van der Waals surface area contributed by atoms with Crippen LogP contribution in [0, 0.1) is 6.92 Å². The molecule has 3 aromatic heterocycles. The molecule has 0 saturated carbocycles. The van der Waals surface area contributed by atoms with Crippen molar-refractivity contribution in [1.29, 1.82) is 0 Å². The molecule has 34 heavy (non-hydrogen) atoms. The van der Waals surface area contributed by atoms with Crippen LogP contribution in [0.4, 0.5) is 16.2 Å². The van der Waals surface area contributed by atoms with Crippen molar-refractivity contribution in [3.8, 4) is 11.1 Å². The normalized spacial score (nSPS) is 11.6. The Morgan fingerprint density at radius 3 is 2.47 bits per heavy atom. The summed E-state index contributed by atoms with van der Waals surface area (Å²) >= 11 is 1.42. The molecule has 9 nitrogen and oxygen atoms in total. The highest BCUT2D eigenvalue weighted by atomic mass is 32.2. The molecule has 4 rings (SSSR count). The topological polar surface area (TPSA) is 107 Å². The molecule has 0 fully saturated rings. The number of aromatic nitrogens is 5. The lowest BCUT2D eigenvalue weighted by Crippen LogP contribution is -2.22.